The van der Waals surface area contributed by atoms with Crippen molar-refractivity contribution in [1.82, 2.24) is 4.57 Å². The number of carbonyl (C=O) groups is 1. The second-order valence-electron chi connectivity index (χ2n) is 7.54. The van der Waals surface area contributed by atoms with Crippen LogP contribution in [0.15, 0.2) is 47.1 Å². The Morgan fingerprint density at radius 3 is 2.70 bits per heavy atom. The molecule has 1 heterocycles. The number of nitriles is 2. The second kappa shape index (κ2) is 10.9. The summed E-state index contributed by atoms with van der Waals surface area (Å²) in [5, 5.41) is 20.0. The van der Waals surface area contributed by atoms with E-state index in [1.165, 1.54) is 11.7 Å². The highest BCUT2D eigenvalue weighted by Crippen LogP contribution is 2.33. The Morgan fingerprint density at radius 1 is 1.24 bits per heavy atom. The van der Waals surface area contributed by atoms with E-state index < -0.39 is 6.04 Å². The first-order chi connectivity index (χ1) is 15.9. The molecule has 33 heavy (non-hydrogen) atoms. The van der Waals surface area contributed by atoms with Crippen LogP contribution in [0, 0.1) is 22.7 Å². The molecule has 0 aliphatic rings. The van der Waals surface area contributed by atoms with Crippen LogP contribution >= 0.6 is 15.9 Å². The van der Waals surface area contributed by atoms with E-state index in [1.54, 1.807) is 30.5 Å². The molecule has 0 radical (unpaired) electrons. The number of benzene rings is 2. The average molecular weight is 506 g/mol. The van der Waals surface area contributed by atoms with Crippen molar-refractivity contribution in [2.24, 2.45) is 11.5 Å². The number of halogens is 1. The average Bonchev–Trinajstić information content (AvgIpc) is 3.20. The van der Waals surface area contributed by atoms with Crippen molar-refractivity contribution in [3.8, 4) is 17.9 Å². The zero-order valence-electron chi connectivity index (χ0n) is 18.2. The molecule has 1 atom stereocenters. The maximum absolute atomic E-state index is 13.1. The van der Waals surface area contributed by atoms with Crippen molar-refractivity contribution in [1.29, 1.82) is 10.5 Å². The van der Waals surface area contributed by atoms with Gasteiger partial charge in [-0.3, -0.25) is 9.36 Å². The Morgan fingerprint density at radius 2 is 2.03 bits per heavy atom. The SMILES string of the molecule is COc1ccc(C#N)cc1C=C(C#N)c1cn(C(=O)C(N)CCCCN)c2ccc(Br)cc12. The molecule has 4 N–H and O–H groups in total. The van der Waals surface area contributed by atoms with E-state index in [2.05, 4.69) is 28.1 Å². The fourth-order valence-corrected chi connectivity index (χ4v) is 4.01. The highest BCUT2D eigenvalue weighted by atomic mass is 79.9. The monoisotopic (exact) mass is 505 g/mol. The Labute approximate surface area is 201 Å². The molecule has 168 valence electrons. The summed E-state index contributed by atoms with van der Waals surface area (Å²) >= 11 is 3.47. The van der Waals surface area contributed by atoms with Gasteiger partial charge in [0.1, 0.15) is 5.75 Å². The predicted molar refractivity (Wildman–Crippen MR) is 132 cm³/mol. The van der Waals surface area contributed by atoms with Gasteiger partial charge < -0.3 is 16.2 Å². The molecular formula is C25H24BrN5O2. The molecule has 0 amide bonds. The lowest BCUT2D eigenvalue weighted by Gasteiger charge is -2.11. The number of carbonyl (C=O) groups excluding carboxylic acids is 1. The third-order valence-electron chi connectivity index (χ3n) is 5.36. The number of allylic oxidation sites excluding steroid dienone is 1. The molecule has 0 aliphatic heterocycles. The zero-order valence-corrected chi connectivity index (χ0v) is 19.8. The number of fused-ring (bicyclic) bond motifs is 1. The van der Waals surface area contributed by atoms with E-state index >= 15 is 0 Å². The normalized spacial score (nSPS) is 12.2. The number of rotatable bonds is 8. The Hall–Kier alpha value is -3.43. The van der Waals surface area contributed by atoms with Gasteiger partial charge >= 0.3 is 0 Å². The van der Waals surface area contributed by atoms with Crippen molar-refractivity contribution in [2.75, 3.05) is 13.7 Å². The maximum atomic E-state index is 13.1. The van der Waals surface area contributed by atoms with Gasteiger partial charge in [-0.2, -0.15) is 10.5 Å². The van der Waals surface area contributed by atoms with E-state index in [4.69, 9.17) is 16.2 Å². The number of unbranched alkanes of at least 4 members (excludes halogenated alkanes) is 1. The van der Waals surface area contributed by atoms with Crippen LogP contribution in [0.3, 0.4) is 0 Å². The molecule has 1 unspecified atom stereocenters. The van der Waals surface area contributed by atoms with Gasteiger partial charge in [-0.05, 0) is 61.9 Å². The number of ether oxygens (including phenoxy) is 1. The van der Waals surface area contributed by atoms with Crippen LogP contribution in [0.2, 0.25) is 0 Å². The van der Waals surface area contributed by atoms with Crippen LogP contribution in [0.25, 0.3) is 22.6 Å². The number of methoxy groups -OCH3 is 1. The van der Waals surface area contributed by atoms with Gasteiger partial charge in [0.05, 0.1) is 41.9 Å². The summed E-state index contributed by atoms with van der Waals surface area (Å²) in [5.74, 6) is 0.289. The largest absolute Gasteiger partial charge is 0.496 e. The van der Waals surface area contributed by atoms with Crippen molar-refractivity contribution in [3.05, 3.63) is 63.8 Å². The Kier molecular flexibility index (Phi) is 8.02. The van der Waals surface area contributed by atoms with Gasteiger partial charge in [0.2, 0.25) is 5.91 Å². The van der Waals surface area contributed by atoms with Crippen molar-refractivity contribution >= 4 is 44.4 Å². The van der Waals surface area contributed by atoms with Gasteiger partial charge in [0.15, 0.2) is 0 Å². The first-order valence-electron chi connectivity index (χ1n) is 10.4. The molecule has 3 rings (SSSR count). The third kappa shape index (κ3) is 5.32. The molecule has 7 nitrogen and oxygen atoms in total. The smallest absolute Gasteiger partial charge is 0.247 e. The fraction of sp³-hybridized carbons (Fsp3) is 0.240. The fourth-order valence-electron chi connectivity index (χ4n) is 3.65. The molecule has 0 spiro atoms. The maximum Gasteiger partial charge on any atom is 0.247 e. The molecule has 0 saturated heterocycles. The minimum absolute atomic E-state index is 0.244. The van der Waals surface area contributed by atoms with Crippen molar-refractivity contribution in [2.45, 2.75) is 25.3 Å². The molecule has 0 bridgehead atoms. The molecule has 0 saturated carbocycles. The predicted octanol–water partition coefficient (Wildman–Crippen LogP) is 4.44. The summed E-state index contributed by atoms with van der Waals surface area (Å²) in [7, 11) is 1.53. The molecule has 0 aliphatic carbocycles. The first-order valence-corrected chi connectivity index (χ1v) is 11.2. The summed E-state index contributed by atoms with van der Waals surface area (Å²) in [6.07, 6.45) is 5.40. The van der Waals surface area contributed by atoms with Gasteiger partial charge in [-0.25, -0.2) is 0 Å². The molecular weight excluding hydrogens is 482 g/mol. The van der Waals surface area contributed by atoms with Gasteiger partial charge in [-0.1, -0.05) is 22.4 Å². The summed E-state index contributed by atoms with van der Waals surface area (Å²) in [6.45, 7) is 0.554. The second-order valence-corrected chi connectivity index (χ2v) is 8.46. The van der Waals surface area contributed by atoms with Crippen LogP contribution in [0.1, 0.15) is 40.7 Å². The summed E-state index contributed by atoms with van der Waals surface area (Å²) in [5.41, 5.74) is 14.3. The van der Waals surface area contributed by atoms with E-state index in [9.17, 15) is 15.3 Å². The standard InChI is InChI=1S/C25H24BrN5O2/c1-33-24-8-5-16(13-28)10-17(24)11-18(14-29)21-15-31(23-7-6-19(26)12-20(21)23)25(32)22(30)4-2-3-9-27/h5-8,10-12,15,22H,2-4,9,27,30H2,1H3. The molecule has 8 heteroatoms. The highest BCUT2D eigenvalue weighted by molar-refractivity contribution is 9.10. The summed E-state index contributed by atoms with van der Waals surface area (Å²) in [6, 6.07) is 14.2. The Bertz CT molecular complexity index is 1300. The lowest BCUT2D eigenvalue weighted by atomic mass is 10.0. The van der Waals surface area contributed by atoms with Crippen LogP contribution in [0.4, 0.5) is 0 Å². The van der Waals surface area contributed by atoms with Crippen molar-refractivity contribution < 1.29 is 9.53 Å². The Balaban J connectivity index is 2.14. The lowest BCUT2D eigenvalue weighted by Crippen LogP contribution is -2.34. The summed E-state index contributed by atoms with van der Waals surface area (Å²) < 4.78 is 7.73. The van der Waals surface area contributed by atoms with E-state index in [-0.39, 0.29) is 5.91 Å². The number of hydrogen-bond donors (Lipinski definition) is 2. The third-order valence-corrected chi connectivity index (χ3v) is 5.85. The number of hydrogen-bond acceptors (Lipinski definition) is 6. The topological polar surface area (TPSA) is 131 Å². The molecule has 2 aromatic carbocycles. The van der Waals surface area contributed by atoms with Gasteiger partial charge in [0.25, 0.3) is 0 Å². The molecule has 0 fully saturated rings. The molecule has 3 aromatic rings. The zero-order chi connectivity index (χ0) is 24.0. The van der Waals surface area contributed by atoms with Crippen LogP contribution < -0.4 is 16.2 Å². The summed E-state index contributed by atoms with van der Waals surface area (Å²) in [4.78, 5) is 13.1. The van der Waals surface area contributed by atoms with Gasteiger partial charge in [0, 0.05) is 27.2 Å². The number of nitrogens with zero attached hydrogens (tertiary/aromatic N) is 3. The van der Waals surface area contributed by atoms with Crippen LogP contribution in [-0.4, -0.2) is 30.2 Å². The molecule has 1 aromatic heterocycles. The lowest BCUT2D eigenvalue weighted by molar-refractivity contribution is 0.0879. The van der Waals surface area contributed by atoms with Crippen LogP contribution in [0.5, 0.6) is 5.75 Å². The van der Waals surface area contributed by atoms with Gasteiger partial charge in [-0.15, -0.1) is 0 Å². The minimum Gasteiger partial charge on any atom is -0.496 e. The number of aromatic nitrogens is 1. The van der Waals surface area contributed by atoms with E-state index in [0.29, 0.717) is 46.5 Å². The highest BCUT2D eigenvalue weighted by Gasteiger charge is 2.21. The first kappa shape index (κ1) is 24.2. The number of nitrogens with two attached hydrogens (primary N) is 2. The quantitative estimate of drug-likeness (QED) is 0.343. The van der Waals surface area contributed by atoms with E-state index in [0.717, 1.165) is 22.7 Å². The van der Waals surface area contributed by atoms with Crippen LogP contribution in [-0.2, 0) is 0 Å². The van der Waals surface area contributed by atoms with E-state index in [1.807, 2.05) is 18.2 Å². The minimum atomic E-state index is -0.675. The van der Waals surface area contributed by atoms with Crippen molar-refractivity contribution in [3.63, 3.8) is 0 Å².